The number of fused-ring (bicyclic) bond motifs is 16. The molecule has 24 rings (SSSR count). The van der Waals surface area contributed by atoms with Crippen LogP contribution in [0.5, 0.6) is 0 Å². The van der Waals surface area contributed by atoms with Crippen LogP contribution in [0.3, 0.4) is 0 Å². The third-order valence-electron chi connectivity index (χ3n) is 30.5. The van der Waals surface area contributed by atoms with Crippen LogP contribution in [0.2, 0.25) is 0 Å². The molecule has 0 aliphatic heterocycles. The number of nitrogens with zero attached hydrogens (tertiary/aromatic N) is 4. The summed E-state index contributed by atoms with van der Waals surface area (Å²) < 4.78 is 9.80. The summed E-state index contributed by atoms with van der Waals surface area (Å²) in [6.45, 7) is 40.3. The Morgan fingerprint density at radius 3 is 0.414 bits per heavy atom. The van der Waals surface area contributed by atoms with E-state index in [0.29, 0.717) is 0 Å². The molecule has 4 heterocycles. The highest BCUT2D eigenvalue weighted by Crippen LogP contribution is 2.50. The first-order valence-electron chi connectivity index (χ1n) is 50.5. The van der Waals surface area contributed by atoms with Crippen molar-refractivity contribution in [3.05, 3.63) is 411 Å². The van der Waals surface area contributed by atoms with Gasteiger partial charge < -0.3 is 18.3 Å². The van der Waals surface area contributed by atoms with Gasteiger partial charge in [-0.25, -0.2) is 0 Å². The first-order chi connectivity index (χ1) is 67.7. The molecule has 20 aromatic carbocycles. The van der Waals surface area contributed by atoms with Crippen LogP contribution in [-0.4, -0.2) is 18.3 Å². The highest BCUT2D eigenvalue weighted by atomic mass is 15.0. The third kappa shape index (κ3) is 15.3. The summed E-state index contributed by atoms with van der Waals surface area (Å²) in [5.74, 6) is 0. The molecule has 4 heteroatoms. The Balaban J connectivity index is 0.000000159. The number of aryl methyl sites for hydroxylation is 4. The van der Waals surface area contributed by atoms with Gasteiger partial charge in [0.05, 0.1) is 0 Å². The fourth-order valence-corrected chi connectivity index (χ4v) is 22.9. The van der Waals surface area contributed by atoms with E-state index < -0.39 is 0 Å². The topological polar surface area (TPSA) is 19.7 Å². The highest BCUT2D eigenvalue weighted by molar-refractivity contribution is 6.24. The van der Waals surface area contributed by atoms with Gasteiger partial charge in [0.1, 0.15) is 0 Å². The molecule has 0 amide bonds. The van der Waals surface area contributed by atoms with E-state index in [-0.39, 0.29) is 21.7 Å². The fraction of sp³-hybridized carbons (Fsp3) is 0.176. The molecule has 0 atom stereocenters. The van der Waals surface area contributed by atoms with Crippen molar-refractivity contribution in [3.8, 4) is 111 Å². The van der Waals surface area contributed by atoms with Crippen molar-refractivity contribution in [1.29, 1.82) is 0 Å². The number of benzene rings is 20. The van der Waals surface area contributed by atoms with E-state index in [0.717, 1.165) is 26.2 Å². The molecule has 0 N–H and O–H groups in total. The summed E-state index contributed by atoms with van der Waals surface area (Å²) in [5, 5.41) is 20.7. The van der Waals surface area contributed by atoms with Gasteiger partial charge in [-0.15, -0.1) is 0 Å². The average Bonchev–Trinajstić information content (AvgIpc) is 1.41. The molecule has 0 unspecified atom stereocenters. The van der Waals surface area contributed by atoms with Crippen molar-refractivity contribution < 1.29 is 0 Å². The molecule has 0 saturated heterocycles. The Morgan fingerprint density at radius 2 is 0.264 bits per heavy atom. The van der Waals surface area contributed by atoms with Crippen LogP contribution in [0.4, 0.5) is 0 Å². The van der Waals surface area contributed by atoms with Crippen LogP contribution in [0.1, 0.15) is 133 Å². The number of rotatable bonds is 14. The summed E-state index contributed by atoms with van der Waals surface area (Å²) in [6.07, 6.45) is 0. The summed E-state index contributed by atoms with van der Waals surface area (Å²) in [4.78, 5) is 0. The molecule has 0 aliphatic carbocycles. The maximum Gasteiger partial charge on any atom is 0.0491 e. The zero-order valence-corrected chi connectivity index (χ0v) is 83.6. The number of hydrogen-bond donors (Lipinski definition) is 0. The number of hydrogen-bond acceptors (Lipinski definition) is 0. The van der Waals surface area contributed by atoms with E-state index in [1.165, 1.54) is 264 Å². The summed E-state index contributed by atoms with van der Waals surface area (Å²) in [7, 11) is 0. The van der Waals surface area contributed by atoms with Crippen molar-refractivity contribution in [3.63, 3.8) is 0 Å². The maximum absolute atomic E-state index is 2.45. The van der Waals surface area contributed by atoms with Crippen LogP contribution in [0.15, 0.2) is 388 Å². The second-order valence-electron chi connectivity index (χ2n) is 43.0. The second kappa shape index (κ2) is 34.4. The van der Waals surface area contributed by atoms with Crippen LogP contribution >= 0.6 is 0 Å². The van der Waals surface area contributed by atoms with E-state index in [1.807, 2.05) is 0 Å². The molecular formula is C136H120N4. The molecule has 0 spiro atoms. The van der Waals surface area contributed by atoms with Gasteiger partial charge in [0.25, 0.3) is 0 Å². The smallest absolute Gasteiger partial charge is 0.0491 e. The fourth-order valence-electron chi connectivity index (χ4n) is 22.9. The summed E-state index contributed by atoms with van der Waals surface area (Å²) in [6, 6.07) is 147. The SMILES string of the molecule is CCn1c2ccc(-c3ccc(-c4c5ccccc5c(-c5ccc(-c6ccc7c(c6)c6cc(C(C)(C)C)ccc6n7CC)cc5)c5ccccc45)cc3)cc2c2cc(C(C)(C)C)ccc21.CCn1c2ccc(-c3ccc(-c4ccc(-c5c6ccccc6c(-c6ccc(-c7ccc(-c8ccc9c(c8)c8cc(C(C)(C)C)ccc8n9CC)cc7)cc6)c6ccccc56)cc4)cc3)cc2c2cc(C(C)(C)C)ccc21. The van der Waals surface area contributed by atoms with E-state index in [4.69, 9.17) is 0 Å². The maximum atomic E-state index is 2.45. The van der Waals surface area contributed by atoms with E-state index in [9.17, 15) is 0 Å². The van der Waals surface area contributed by atoms with Gasteiger partial charge in [-0.3, -0.25) is 0 Å². The molecule has 0 aliphatic rings. The minimum atomic E-state index is 0.0887. The molecule has 24 aromatic rings. The molecule has 4 nitrogen and oxygen atoms in total. The average molecular weight is 1810 g/mol. The molecule has 0 fully saturated rings. The monoisotopic (exact) mass is 1810 g/mol. The highest BCUT2D eigenvalue weighted by Gasteiger charge is 2.27. The lowest BCUT2D eigenvalue weighted by Crippen LogP contribution is -2.10. The second-order valence-corrected chi connectivity index (χ2v) is 43.0. The Hall–Kier alpha value is -15.4. The van der Waals surface area contributed by atoms with Crippen molar-refractivity contribution in [2.24, 2.45) is 0 Å². The van der Waals surface area contributed by atoms with Gasteiger partial charge in [0.2, 0.25) is 0 Å². The van der Waals surface area contributed by atoms with Crippen LogP contribution in [0.25, 0.3) is 242 Å². The number of aromatic nitrogens is 4. The van der Waals surface area contributed by atoms with Crippen molar-refractivity contribution in [2.75, 3.05) is 0 Å². The van der Waals surface area contributed by atoms with Crippen molar-refractivity contribution in [1.82, 2.24) is 18.3 Å². The third-order valence-corrected chi connectivity index (χ3v) is 30.5. The predicted octanol–water partition coefficient (Wildman–Crippen LogP) is 38.4. The van der Waals surface area contributed by atoms with Gasteiger partial charge in [-0.05, 0) is 323 Å². The quantitative estimate of drug-likeness (QED) is 0.0967. The Kier molecular flexibility index (Phi) is 21.7. The van der Waals surface area contributed by atoms with Crippen molar-refractivity contribution in [2.45, 2.75) is 159 Å². The lowest BCUT2D eigenvalue weighted by atomic mass is 9.85. The predicted molar refractivity (Wildman–Crippen MR) is 607 cm³/mol. The van der Waals surface area contributed by atoms with Gasteiger partial charge >= 0.3 is 0 Å². The zero-order chi connectivity index (χ0) is 96.1. The molecule has 0 saturated carbocycles. The molecule has 684 valence electrons. The first kappa shape index (κ1) is 88.6. The van der Waals surface area contributed by atoms with Crippen LogP contribution in [0, 0.1) is 0 Å². The largest absolute Gasteiger partial charge is 0.341 e. The van der Waals surface area contributed by atoms with Crippen molar-refractivity contribution >= 4 is 130 Å². The zero-order valence-electron chi connectivity index (χ0n) is 83.6. The van der Waals surface area contributed by atoms with E-state index in [2.05, 4.69) is 517 Å². The van der Waals surface area contributed by atoms with Gasteiger partial charge in [-0.1, -0.05) is 374 Å². The van der Waals surface area contributed by atoms with E-state index >= 15 is 0 Å². The lowest BCUT2D eigenvalue weighted by Gasteiger charge is -2.19. The normalized spacial score (nSPS) is 12.4. The minimum absolute atomic E-state index is 0.0887. The minimum Gasteiger partial charge on any atom is -0.341 e. The van der Waals surface area contributed by atoms with Crippen LogP contribution in [-0.2, 0) is 47.8 Å². The lowest BCUT2D eigenvalue weighted by molar-refractivity contribution is 0.591. The summed E-state index contributed by atoms with van der Waals surface area (Å²) in [5.41, 5.74) is 40.9. The van der Waals surface area contributed by atoms with Gasteiger partial charge in [0, 0.05) is 113 Å². The Morgan fingerprint density at radius 1 is 0.136 bits per heavy atom. The molecule has 0 bridgehead atoms. The van der Waals surface area contributed by atoms with Crippen LogP contribution < -0.4 is 0 Å². The summed E-state index contributed by atoms with van der Waals surface area (Å²) >= 11 is 0. The Bertz CT molecular complexity index is 8400. The van der Waals surface area contributed by atoms with E-state index in [1.54, 1.807) is 0 Å². The van der Waals surface area contributed by atoms with Gasteiger partial charge in [0.15, 0.2) is 0 Å². The van der Waals surface area contributed by atoms with Gasteiger partial charge in [-0.2, -0.15) is 0 Å². The molecule has 4 aromatic heterocycles. The molecule has 0 radical (unpaired) electrons. The first-order valence-corrected chi connectivity index (χ1v) is 50.5. The Labute approximate surface area is 823 Å². The molecular weight excluding hydrogens is 1690 g/mol. The standard InChI is InChI=1S/C74H64N2.C62H56N2/c1-9-75-67-39-35-55(43-63(67)65-45-57(73(3,4)5)37-41-69(65)75)51-23-19-47(20-24-51)49-27-31-53(32-28-49)71-59-15-11-13-17-61(59)72(62-18-14-12-16-60(62)71)54-33-29-50(30-34-54)48-21-25-52(26-22-48)56-36-40-68-64(44-56)66-46-58(74(6,7)8)38-42-70(66)76(68)10-2;1-9-63-55-31-27-43(35-51(55)53-37-45(61(3,4)5)29-33-57(53)63)39-19-23-41(24-20-39)59-47-15-11-13-17-49(47)60(50-18-14-12-16-48(50)59)42-25-21-40(22-26-42)44-28-32-56-52(36-44)54-38-46(62(6,7)8)30-34-58(54)64(56)10-2/h11-46H,9-10H2,1-8H3;11-38H,9-10H2,1-8H3. The molecule has 140 heavy (non-hydrogen) atoms.